The van der Waals surface area contributed by atoms with Crippen LogP contribution in [0, 0.1) is 5.92 Å². The molecule has 0 spiro atoms. The number of amides is 2. The highest BCUT2D eigenvalue weighted by Gasteiger charge is 2.67. The molecule has 0 aromatic heterocycles. The highest BCUT2D eigenvalue weighted by Crippen LogP contribution is 2.65. The maximum absolute atomic E-state index is 13.0. The van der Waals surface area contributed by atoms with E-state index in [0.29, 0.717) is 15.6 Å². The van der Waals surface area contributed by atoms with E-state index < -0.39 is 52.8 Å². The molecule has 0 radical (unpaired) electrons. The van der Waals surface area contributed by atoms with Crippen LogP contribution in [-0.2, 0) is 4.79 Å². The molecule has 0 heterocycles. The molecule has 4 rings (SSSR count). The Morgan fingerprint density at radius 2 is 1.59 bits per heavy atom. The Morgan fingerprint density at radius 3 is 2.19 bits per heavy atom. The Morgan fingerprint density at radius 1 is 0.969 bits per heavy atom. The molecule has 2 aromatic rings. The van der Waals surface area contributed by atoms with E-state index in [0.717, 1.165) is 0 Å². The minimum atomic E-state index is -2.76. The first-order chi connectivity index (χ1) is 14.9. The Balaban J connectivity index is 1.46. The van der Waals surface area contributed by atoms with Gasteiger partial charge in [0.15, 0.2) is 0 Å². The van der Waals surface area contributed by atoms with Crippen molar-refractivity contribution in [1.29, 1.82) is 0 Å². The lowest BCUT2D eigenvalue weighted by atomic mass is 9.88. The zero-order chi connectivity index (χ0) is 23.4. The van der Waals surface area contributed by atoms with Gasteiger partial charge in [0.05, 0.1) is 16.5 Å². The molecule has 2 N–H and O–H groups in total. The number of hydrogen-bond acceptors (Lipinski definition) is 2. The number of rotatable bonds is 5. The summed E-state index contributed by atoms with van der Waals surface area (Å²) in [6.45, 7) is 0. The largest absolute Gasteiger partial charge is 0.349 e. The van der Waals surface area contributed by atoms with Gasteiger partial charge >= 0.3 is 0 Å². The van der Waals surface area contributed by atoms with Crippen LogP contribution in [0.25, 0.3) is 0 Å². The fourth-order valence-corrected chi connectivity index (χ4v) is 5.42. The molecular weight excluding hydrogens is 528 g/mol. The normalized spacial score (nSPS) is 23.2. The van der Waals surface area contributed by atoms with E-state index in [1.165, 1.54) is 18.2 Å². The van der Waals surface area contributed by atoms with E-state index in [1.54, 1.807) is 18.2 Å². The summed E-state index contributed by atoms with van der Waals surface area (Å²) in [4.78, 5) is 25.3. The van der Waals surface area contributed by atoms with Crippen LogP contribution in [0.1, 0.15) is 34.7 Å². The monoisotopic (exact) mass is 540 g/mol. The van der Waals surface area contributed by atoms with Gasteiger partial charge < -0.3 is 10.6 Å². The molecule has 2 amide bonds. The van der Waals surface area contributed by atoms with Crippen molar-refractivity contribution in [2.45, 2.75) is 35.1 Å². The first-order valence-electron chi connectivity index (χ1n) is 9.50. The average molecular weight is 543 g/mol. The minimum Gasteiger partial charge on any atom is -0.349 e. The first-order valence-corrected chi connectivity index (χ1v) is 11.4. The Bertz CT molecular complexity index is 1080. The summed E-state index contributed by atoms with van der Waals surface area (Å²) in [7, 11) is 0. The van der Waals surface area contributed by atoms with Gasteiger partial charge in [-0.2, -0.15) is 0 Å². The van der Waals surface area contributed by atoms with Crippen molar-refractivity contribution in [1.82, 2.24) is 5.32 Å². The van der Waals surface area contributed by atoms with Crippen LogP contribution in [0.2, 0.25) is 15.1 Å². The smallest absolute Gasteiger partial charge is 0.253 e. The summed E-state index contributed by atoms with van der Waals surface area (Å²) in [6, 6.07) is 8.50. The van der Waals surface area contributed by atoms with E-state index in [2.05, 4.69) is 10.6 Å². The molecule has 170 valence electrons. The van der Waals surface area contributed by atoms with E-state index in [4.69, 9.17) is 58.0 Å². The summed E-state index contributed by atoms with van der Waals surface area (Å²) in [5, 5.41) is 6.08. The van der Waals surface area contributed by atoms with Gasteiger partial charge in [-0.15, -0.1) is 23.2 Å². The predicted molar refractivity (Wildman–Crippen MR) is 123 cm³/mol. The Labute approximate surface area is 207 Å². The van der Waals surface area contributed by atoms with E-state index >= 15 is 0 Å². The number of benzene rings is 2. The lowest BCUT2D eigenvalue weighted by Gasteiger charge is -2.35. The number of carbonyl (C=O) groups is 2. The van der Waals surface area contributed by atoms with Crippen molar-refractivity contribution in [3.8, 4) is 0 Å². The quantitative estimate of drug-likeness (QED) is 0.413. The number of carbonyl (C=O) groups excluding carboxylic acids is 2. The van der Waals surface area contributed by atoms with E-state index in [-0.39, 0.29) is 16.3 Å². The van der Waals surface area contributed by atoms with Crippen LogP contribution >= 0.6 is 58.0 Å². The third kappa shape index (κ3) is 4.80. The van der Waals surface area contributed by atoms with E-state index in [9.17, 15) is 18.4 Å². The second-order valence-corrected chi connectivity index (χ2v) is 10.7. The lowest BCUT2D eigenvalue weighted by molar-refractivity contribution is -0.117. The van der Waals surface area contributed by atoms with Crippen molar-refractivity contribution in [2.24, 2.45) is 5.92 Å². The molecule has 0 saturated heterocycles. The molecular formula is C21H15Cl5F2N2O2. The number of nitrogens with one attached hydrogen (secondary N) is 2. The second-order valence-electron chi connectivity index (χ2n) is 7.95. The fourth-order valence-electron chi connectivity index (χ4n) is 3.85. The van der Waals surface area contributed by atoms with Crippen molar-refractivity contribution >= 4 is 75.5 Å². The predicted octanol–water partition coefficient (Wildman–Crippen LogP) is 6.70. The SMILES string of the molecule is O=C(NC1CC(F)(F)C1)c1cc(NC(=O)C2C(c3cc(Cl)cc(Cl)c3)C2(Cl)Cl)ccc1Cl. The van der Waals surface area contributed by atoms with Crippen molar-refractivity contribution in [3.63, 3.8) is 0 Å². The fraction of sp³-hybridized carbons (Fsp3) is 0.333. The third-order valence-corrected chi connectivity index (χ3v) is 7.19. The van der Waals surface area contributed by atoms with Gasteiger partial charge in [-0.3, -0.25) is 9.59 Å². The molecule has 4 nitrogen and oxygen atoms in total. The summed E-state index contributed by atoms with van der Waals surface area (Å²) < 4.78 is 24.7. The van der Waals surface area contributed by atoms with E-state index in [1.807, 2.05) is 0 Å². The van der Waals surface area contributed by atoms with Crippen LogP contribution < -0.4 is 10.6 Å². The Kier molecular flexibility index (Phi) is 6.31. The molecule has 2 aromatic carbocycles. The lowest BCUT2D eigenvalue weighted by Crippen LogP contribution is -2.50. The molecule has 2 aliphatic carbocycles. The molecule has 0 bridgehead atoms. The van der Waals surface area contributed by atoms with Crippen LogP contribution in [0.3, 0.4) is 0 Å². The van der Waals surface area contributed by atoms with Crippen LogP contribution in [0.15, 0.2) is 36.4 Å². The van der Waals surface area contributed by atoms with Crippen molar-refractivity contribution < 1.29 is 18.4 Å². The molecule has 32 heavy (non-hydrogen) atoms. The average Bonchev–Trinajstić information content (AvgIpc) is 3.23. The highest BCUT2D eigenvalue weighted by atomic mass is 35.5. The molecule has 0 aliphatic heterocycles. The highest BCUT2D eigenvalue weighted by molar-refractivity contribution is 6.53. The molecule has 2 unspecified atom stereocenters. The molecule has 2 saturated carbocycles. The van der Waals surface area contributed by atoms with Crippen molar-refractivity contribution in [3.05, 3.63) is 62.6 Å². The number of alkyl halides is 4. The zero-order valence-electron chi connectivity index (χ0n) is 16.1. The number of anilines is 1. The van der Waals surface area contributed by atoms with Crippen LogP contribution in [-0.4, -0.2) is 28.1 Å². The van der Waals surface area contributed by atoms with Crippen molar-refractivity contribution in [2.75, 3.05) is 5.32 Å². The number of halogens is 7. The van der Waals surface area contributed by atoms with Gasteiger partial charge in [-0.1, -0.05) is 34.8 Å². The molecule has 11 heteroatoms. The molecule has 2 atom stereocenters. The summed E-state index contributed by atoms with van der Waals surface area (Å²) in [5.41, 5.74) is 0.959. The van der Waals surface area contributed by atoms with Crippen LogP contribution in [0.5, 0.6) is 0 Å². The second kappa shape index (κ2) is 8.48. The maximum atomic E-state index is 13.0. The van der Waals surface area contributed by atoms with Gasteiger partial charge in [0, 0.05) is 40.5 Å². The number of hydrogen-bond donors (Lipinski definition) is 2. The first kappa shape index (κ1) is 23.8. The summed E-state index contributed by atoms with van der Waals surface area (Å²) in [5.74, 6) is -5.15. The topological polar surface area (TPSA) is 58.2 Å². The zero-order valence-corrected chi connectivity index (χ0v) is 19.9. The Hall–Kier alpha value is -1.31. The minimum absolute atomic E-state index is 0.0525. The maximum Gasteiger partial charge on any atom is 0.253 e. The third-order valence-electron chi connectivity index (χ3n) is 5.48. The van der Waals surface area contributed by atoms with Gasteiger partial charge in [0.1, 0.15) is 4.33 Å². The standard InChI is InChI=1S/C21H15Cl5F2N2O2/c22-10-3-9(4-11(23)5-10)16-17(21(16,25)26)19(32)29-12-1-2-15(24)14(6-12)18(31)30-13-7-20(27,28)8-13/h1-6,13,16-17H,7-8H2,(H,29,32)(H,30,31). The van der Waals surface area contributed by atoms with Gasteiger partial charge in [0.2, 0.25) is 5.91 Å². The molecule has 2 fully saturated rings. The van der Waals surface area contributed by atoms with Gasteiger partial charge in [-0.25, -0.2) is 8.78 Å². The molecule has 2 aliphatic rings. The van der Waals surface area contributed by atoms with Gasteiger partial charge in [-0.05, 0) is 42.0 Å². The van der Waals surface area contributed by atoms with Crippen LogP contribution in [0.4, 0.5) is 14.5 Å². The summed E-state index contributed by atoms with van der Waals surface area (Å²) in [6.07, 6.45) is -0.839. The van der Waals surface area contributed by atoms with Gasteiger partial charge in [0.25, 0.3) is 11.8 Å². The summed E-state index contributed by atoms with van der Waals surface area (Å²) >= 11 is 30.9.